The average Bonchev–Trinajstić information content (AvgIpc) is 2.96. The number of halogens is 2. The first-order valence-corrected chi connectivity index (χ1v) is 13.7. The number of nitrogens with zero attached hydrogens (tertiary/aromatic N) is 1. The number of imide groups is 2. The molecule has 0 unspecified atom stereocenters. The van der Waals surface area contributed by atoms with Crippen molar-refractivity contribution in [3.8, 4) is 23.0 Å². The zero-order valence-electron chi connectivity index (χ0n) is 22.7. The number of methoxy groups -OCH3 is 2. The number of barbiturate groups is 1. The Morgan fingerprint density at radius 2 is 1.61 bits per heavy atom. The summed E-state index contributed by atoms with van der Waals surface area (Å²) in [6.07, 6.45) is 2.22. The van der Waals surface area contributed by atoms with Crippen molar-refractivity contribution in [1.82, 2.24) is 10.2 Å². The molecule has 1 heterocycles. The molecular formula is C30H28FIN2O7. The summed E-state index contributed by atoms with van der Waals surface area (Å²) < 4.78 is 36.4. The summed E-state index contributed by atoms with van der Waals surface area (Å²) in [5.74, 6) is -0.0315. The molecule has 41 heavy (non-hydrogen) atoms. The number of carbonyl (C=O) groups is 3. The smallest absolute Gasteiger partial charge is 0.331 e. The molecule has 0 atom stereocenters. The van der Waals surface area contributed by atoms with Gasteiger partial charge in [0.25, 0.3) is 11.8 Å². The summed E-state index contributed by atoms with van der Waals surface area (Å²) in [7, 11) is 2.98. The fourth-order valence-corrected chi connectivity index (χ4v) is 4.81. The molecular weight excluding hydrogens is 646 g/mol. The van der Waals surface area contributed by atoms with Gasteiger partial charge in [-0.1, -0.05) is 25.1 Å². The highest BCUT2D eigenvalue weighted by atomic mass is 127. The Labute approximate surface area is 250 Å². The van der Waals surface area contributed by atoms with Crippen LogP contribution in [-0.2, 0) is 22.7 Å². The second kappa shape index (κ2) is 13.5. The van der Waals surface area contributed by atoms with Gasteiger partial charge in [-0.2, -0.15) is 0 Å². The van der Waals surface area contributed by atoms with Crippen LogP contribution in [0.4, 0.5) is 9.18 Å². The van der Waals surface area contributed by atoms with Gasteiger partial charge in [0.15, 0.2) is 23.0 Å². The molecule has 1 fully saturated rings. The van der Waals surface area contributed by atoms with Gasteiger partial charge in [-0.25, -0.2) is 9.18 Å². The summed E-state index contributed by atoms with van der Waals surface area (Å²) in [4.78, 5) is 39.6. The number of benzene rings is 3. The van der Waals surface area contributed by atoms with E-state index in [-0.39, 0.29) is 24.5 Å². The summed E-state index contributed by atoms with van der Waals surface area (Å²) in [5, 5.41) is 2.23. The van der Waals surface area contributed by atoms with Crippen molar-refractivity contribution in [2.24, 2.45) is 0 Å². The molecule has 214 valence electrons. The standard InChI is InChI=1S/C30H28FIN2O7/c1-4-11-40-24-10-7-19(14-25(24)38-2)16-34-29(36)22(28(35)33-30(34)37)12-20-13-23(32)27(26(15-20)39-3)41-17-18-5-8-21(31)9-6-18/h5-10,12-15H,4,11,16-17H2,1-3H3,(H,33,35,37)/b22-12+. The Morgan fingerprint density at radius 1 is 0.902 bits per heavy atom. The van der Waals surface area contributed by atoms with Crippen molar-refractivity contribution in [1.29, 1.82) is 0 Å². The first-order chi connectivity index (χ1) is 19.7. The maximum atomic E-state index is 13.3. The van der Waals surface area contributed by atoms with Gasteiger partial charge >= 0.3 is 6.03 Å². The molecule has 4 amide bonds. The lowest BCUT2D eigenvalue weighted by molar-refractivity contribution is -0.130. The largest absolute Gasteiger partial charge is 0.493 e. The molecule has 1 N–H and O–H groups in total. The van der Waals surface area contributed by atoms with E-state index in [1.165, 1.54) is 32.4 Å². The molecule has 0 saturated carbocycles. The summed E-state index contributed by atoms with van der Waals surface area (Å²) in [6, 6.07) is 13.6. The maximum absolute atomic E-state index is 13.3. The zero-order chi connectivity index (χ0) is 29.5. The molecule has 1 saturated heterocycles. The minimum atomic E-state index is -0.820. The quantitative estimate of drug-likeness (QED) is 0.163. The predicted octanol–water partition coefficient (Wildman–Crippen LogP) is 5.48. The molecule has 3 aromatic rings. The van der Waals surface area contributed by atoms with Crippen molar-refractivity contribution in [3.05, 3.63) is 86.2 Å². The highest BCUT2D eigenvalue weighted by Gasteiger charge is 2.36. The third-order valence-electron chi connectivity index (χ3n) is 6.08. The van der Waals surface area contributed by atoms with Crippen LogP contribution in [0, 0.1) is 9.39 Å². The number of hydrogen-bond donors (Lipinski definition) is 1. The normalized spacial score (nSPS) is 14.2. The Balaban J connectivity index is 1.56. The van der Waals surface area contributed by atoms with Crippen LogP contribution >= 0.6 is 22.6 Å². The van der Waals surface area contributed by atoms with Gasteiger partial charge in [0.2, 0.25) is 0 Å². The van der Waals surface area contributed by atoms with Crippen LogP contribution in [0.2, 0.25) is 0 Å². The fourth-order valence-electron chi connectivity index (χ4n) is 4.03. The number of ether oxygens (including phenoxy) is 4. The molecule has 3 aromatic carbocycles. The number of rotatable bonds is 11. The van der Waals surface area contributed by atoms with Crippen LogP contribution < -0.4 is 24.3 Å². The maximum Gasteiger partial charge on any atom is 0.331 e. The lowest BCUT2D eigenvalue weighted by Crippen LogP contribution is -2.53. The zero-order valence-corrected chi connectivity index (χ0v) is 24.8. The van der Waals surface area contributed by atoms with Gasteiger partial charge in [0, 0.05) is 0 Å². The van der Waals surface area contributed by atoms with Crippen molar-refractivity contribution >= 4 is 46.5 Å². The molecule has 0 spiro atoms. The number of carbonyl (C=O) groups excluding carboxylic acids is 3. The van der Waals surface area contributed by atoms with E-state index in [2.05, 4.69) is 27.9 Å². The fraction of sp³-hybridized carbons (Fsp3) is 0.233. The number of amides is 4. The lowest BCUT2D eigenvalue weighted by Gasteiger charge is -2.26. The molecule has 0 radical (unpaired) electrons. The Morgan fingerprint density at radius 3 is 2.29 bits per heavy atom. The van der Waals surface area contributed by atoms with E-state index in [1.807, 2.05) is 6.92 Å². The third kappa shape index (κ3) is 7.15. The molecule has 0 aromatic heterocycles. The monoisotopic (exact) mass is 674 g/mol. The van der Waals surface area contributed by atoms with Crippen LogP contribution in [0.15, 0.2) is 60.2 Å². The number of nitrogens with one attached hydrogen (secondary N) is 1. The van der Waals surface area contributed by atoms with Crippen LogP contribution in [0.1, 0.15) is 30.0 Å². The molecule has 11 heteroatoms. The number of urea groups is 1. The van der Waals surface area contributed by atoms with Gasteiger partial charge in [-0.3, -0.25) is 19.8 Å². The van der Waals surface area contributed by atoms with Crippen LogP contribution in [0.25, 0.3) is 6.08 Å². The Bertz CT molecular complexity index is 1490. The van der Waals surface area contributed by atoms with Crippen LogP contribution in [0.3, 0.4) is 0 Å². The van der Waals surface area contributed by atoms with Gasteiger partial charge in [-0.15, -0.1) is 0 Å². The molecule has 1 aliphatic heterocycles. The van der Waals surface area contributed by atoms with E-state index < -0.39 is 17.8 Å². The first-order valence-electron chi connectivity index (χ1n) is 12.7. The van der Waals surface area contributed by atoms with E-state index in [0.717, 1.165) is 16.9 Å². The van der Waals surface area contributed by atoms with E-state index in [0.29, 0.717) is 44.3 Å². The molecule has 0 bridgehead atoms. The Kier molecular flexibility index (Phi) is 9.82. The average molecular weight is 674 g/mol. The SMILES string of the molecule is CCCOc1ccc(CN2C(=O)NC(=O)/C(=C\c3cc(I)c(OCc4ccc(F)cc4)c(OC)c3)C2=O)cc1OC. The topological polar surface area (TPSA) is 103 Å². The third-order valence-corrected chi connectivity index (χ3v) is 6.88. The van der Waals surface area contributed by atoms with Crippen LogP contribution in [-0.4, -0.2) is 43.6 Å². The van der Waals surface area contributed by atoms with Gasteiger partial charge in [-0.05, 0) is 88.2 Å². The van der Waals surface area contributed by atoms with Gasteiger partial charge in [0.05, 0.1) is 30.9 Å². The minimum absolute atomic E-state index is 0.0866. The molecule has 4 rings (SSSR count). The van der Waals surface area contributed by atoms with Gasteiger partial charge in [0.1, 0.15) is 18.0 Å². The van der Waals surface area contributed by atoms with E-state index in [4.69, 9.17) is 18.9 Å². The van der Waals surface area contributed by atoms with E-state index >= 15 is 0 Å². The number of hydrogen-bond acceptors (Lipinski definition) is 7. The summed E-state index contributed by atoms with van der Waals surface area (Å²) in [5.41, 5.74) is 1.66. The summed E-state index contributed by atoms with van der Waals surface area (Å²) in [6.45, 7) is 2.60. The molecule has 1 aliphatic rings. The molecule has 0 aliphatic carbocycles. The summed E-state index contributed by atoms with van der Waals surface area (Å²) >= 11 is 2.06. The predicted molar refractivity (Wildman–Crippen MR) is 157 cm³/mol. The minimum Gasteiger partial charge on any atom is -0.493 e. The van der Waals surface area contributed by atoms with E-state index in [9.17, 15) is 18.8 Å². The first kappa shape index (κ1) is 29.8. The highest BCUT2D eigenvalue weighted by molar-refractivity contribution is 14.1. The van der Waals surface area contributed by atoms with E-state index in [1.54, 1.807) is 42.5 Å². The second-order valence-electron chi connectivity index (χ2n) is 8.99. The van der Waals surface area contributed by atoms with Crippen molar-refractivity contribution in [2.75, 3.05) is 20.8 Å². The Hall–Kier alpha value is -4.13. The second-order valence-corrected chi connectivity index (χ2v) is 10.2. The lowest BCUT2D eigenvalue weighted by atomic mass is 10.1. The van der Waals surface area contributed by atoms with Crippen molar-refractivity contribution < 1.29 is 37.7 Å². The van der Waals surface area contributed by atoms with Crippen LogP contribution in [0.5, 0.6) is 23.0 Å². The van der Waals surface area contributed by atoms with Gasteiger partial charge < -0.3 is 18.9 Å². The van der Waals surface area contributed by atoms with Crippen molar-refractivity contribution in [2.45, 2.75) is 26.5 Å². The van der Waals surface area contributed by atoms with Crippen molar-refractivity contribution in [3.63, 3.8) is 0 Å². The highest BCUT2D eigenvalue weighted by Crippen LogP contribution is 2.36. The molecule has 9 nitrogen and oxygen atoms in total.